The average molecular weight is 277 g/mol. The number of carboxylic acids is 1. The first-order chi connectivity index (χ1) is 9.49. The fraction of sp³-hybridized carbons (Fsp3) is 0.467. The fourth-order valence-electron chi connectivity index (χ4n) is 2.34. The molecule has 1 aromatic rings. The van der Waals surface area contributed by atoms with E-state index in [2.05, 4.69) is 0 Å². The van der Waals surface area contributed by atoms with Gasteiger partial charge in [0.15, 0.2) is 0 Å². The maximum absolute atomic E-state index is 11.8. The Kier molecular flexibility index (Phi) is 4.27. The van der Waals surface area contributed by atoms with Crippen molar-refractivity contribution in [2.45, 2.75) is 26.3 Å². The number of hydrogen-bond donors (Lipinski definition) is 1. The van der Waals surface area contributed by atoms with Gasteiger partial charge in [-0.3, -0.25) is 9.59 Å². The maximum atomic E-state index is 11.8. The summed E-state index contributed by atoms with van der Waals surface area (Å²) in [6.07, 6.45) is 0.0873. The largest absolute Gasteiger partial charge is 0.491 e. The van der Waals surface area contributed by atoms with E-state index >= 15 is 0 Å². The molecule has 2 rings (SSSR count). The van der Waals surface area contributed by atoms with Crippen molar-refractivity contribution >= 4 is 11.9 Å². The van der Waals surface area contributed by atoms with E-state index in [1.54, 1.807) is 4.90 Å². The van der Waals surface area contributed by atoms with Crippen LogP contribution in [0.25, 0.3) is 0 Å². The summed E-state index contributed by atoms with van der Waals surface area (Å²) in [5.74, 6) is -0.824. The number of nitrogens with zero attached hydrogens (tertiary/aromatic N) is 1. The number of aryl methyl sites for hydroxylation is 1. The zero-order chi connectivity index (χ0) is 14.7. The lowest BCUT2D eigenvalue weighted by Crippen LogP contribution is -2.38. The molecule has 20 heavy (non-hydrogen) atoms. The molecule has 5 nitrogen and oxygen atoms in total. The van der Waals surface area contributed by atoms with E-state index in [1.165, 1.54) is 0 Å². The Morgan fingerprint density at radius 3 is 2.80 bits per heavy atom. The molecule has 0 radical (unpaired) electrons. The van der Waals surface area contributed by atoms with Gasteiger partial charge in [0.05, 0.1) is 12.0 Å². The van der Waals surface area contributed by atoms with Gasteiger partial charge in [0, 0.05) is 13.0 Å². The van der Waals surface area contributed by atoms with Crippen LogP contribution >= 0.6 is 0 Å². The Morgan fingerprint density at radius 1 is 1.50 bits per heavy atom. The SMILES string of the molecule is Cc1ccccc1OCC(C)N1CC(C(=O)O)CC1=O. The summed E-state index contributed by atoms with van der Waals surface area (Å²) in [5.41, 5.74) is 1.04. The van der Waals surface area contributed by atoms with E-state index in [4.69, 9.17) is 9.84 Å². The van der Waals surface area contributed by atoms with Crippen LogP contribution < -0.4 is 4.74 Å². The topological polar surface area (TPSA) is 66.8 Å². The Balaban J connectivity index is 1.92. The molecule has 0 bridgehead atoms. The van der Waals surface area contributed by atoms with Gasteiger partial charge in [-0.1, -0.05) is 18.2 Å². The second-order valence-electron chi connectivity index (χ2n) is 5.21. The van der Waals surface area contributed by atoms with Crippen LogP contribution in [0, 0.1) is 12.8 Å². The van der Waals surface area contributed by atoms with E-state index in [0.717, 1.165) is 11.3 Å². The van der Waals surface area contributed by atoms with Gasteiger partial charge in [0.25, 0.3) is 0 Å². The minimum absolute atomic E-state index is 0.0873. The third-order valence-electron chi connectivity index (χ3n) is 3.61. The number of carboxylic acid groups (broad SMARTS) is 1. The molecule has 1 aliphatic heterocycles. The van der Waals surface area contributed by atoms with Crippen molar-refractivity contribution in [3.05, 3.63) is 29.8 Å². The number of carbonyl (C=O) groups is 2. The highest BCUT2D eigenvalue weighted by Crippen LogP contribution is 2.22. The number of hydrogen-bond acceptors (Lipinski definition) is 3. The highest BCUT2D eigenvalue weighted by atomic mass is 16.5. The zero-order valence-electron chi connectivity index (χ0n) is 11.7. The molecule has 1 saturated heterocycles. The summed E-state index contributed by atoms with van der Waals surface area (Å²) >= 11 is 0. The summed E-state index contributed by atoms with van der Waals surface area (Å²) < 4.78 is 5.71. The molecular weight excluding hydrogens is 258 g/mol. The Bertz CT molecular complexity index is 514. The van der Waals surface area contributed by atoms with Crippen LogP contribution in [0.2, 0.25) is 0 Å². The van der Waals surface area contributed by atoms with E-state index in [1.807, 2.05) is 38.1 Å². The van der Waals surface area contributed by atoms with Crippen molar-refractivity contribution in [3.8, 4) is 5.75 Å². The van der Waals surface area contributed by atoms with Crippen molar-refractivity contribution < 1.29 is 19.4 Å². The van der Waals surface area contributed by atoms with Crippen LogP contribution in [0.4, 0.5) is 0 Å². The van der Waals surface area contributed by atoms with Gasteiger partial charge in [-0.15, -0.1) is 0 Å². The second-order valence-corrected chi connectivity index (χ2v) is 5.21. The van der Waals surface area contributed by atoms with Crippen molar-refractivity contribution in [3.63, 3.8) is 0 Å². The van der Waals surface area contributed by atoms with Crippen molar-refractivity contribution in [1.29, 1.82) is 0 Å². The molecular formula is C15H19NO4. The van der Waals surface area contributed by atoms with Gasteiger partial charge >= 0.3 is 5.97 Å². The van der Waals surface area contributed by atoms with Crippen molar-refractivity contribution in [2.24, 2.45) is 5.92 Å². The predicted octanol–water partition coefficient (Wildman–Crippen LogP) is 1.70. The highest BCUT2D eigenvalue weighted by Gasteiger charge is 2.36. The van der Waals surface area contributed by atoms with Gasteiger partial charge in [0.2, 0.25) is 5.91 Å². The predicted molar refractivity (Wildman–Crippen MR) is 73.6 cm³/mol. The first kappa shape index (κ1) is 14.4. The van der Waals surface area contributed by atoms with E-state index in [9.17, 15) is 9.59 Å². The summed E-state index contributed by atoms with van der Waals surface area (Å²) in [4.78, 5) is 24.3. The summed E-state index contributed by atoms with van der Waals surface area (Å²) in [5, 5.41) is 8.96. The quantitative estimate of drug-likeness (QED) is 0.889. The van der Waals surface area contributed by atoms with Crippen molar-refractivity contribution in [2.75, 3.05) is 13.2 Å². The number of para-hydroxylation sites is 1. The molecule has 0 aliphatic carbocycles. The maximum Gasteiger partial charge on any atom is 0.308 e. The monoisotopic (exact) mass is 277 g/mol. The van der Waals surface area contributed by atoms with Crippen LogP contribution in [0.5, 0.6) is 5.75 Å². The number of ether oxygens (including phenoxy) is 1. The molecule has 2 unspecified atom stereocenters. The van der Waals surface area contributed by atoms with E-state index in [0.29, 0.717) is 6.61 Å². The zero-order valence-corrected chi connectivity index (χ0v) is 11.7. The molecule has 0 spiro atoms. The van der Waals surface area contributed by atoms with E-state index < -0.39 is 11.9 Å². The minimum Gasteiger partial charge on any atom is -0.491 e. The average Bonchev–Trinajstić information content (AvgIpc) is 2.80. The fourth-order valence-corrected chi connectivity index (χ4v) is 2.34. The molecule has 2 atom stereocenters. The van der Waals surface area contributed by atoms with Crippen molar-refractivity contribution in [1.82, 2.24) is 4.90 Å². The first-order valence-corrected chi connectivity index (χ1v) is 6.69. The molecule has 1 fully saturated rings. The van der Waals surface area contributed by atoms with Gasteiger partial charge in [-0.05, 0) is 25.5 Å². The number of amides is 1. The molecule has 1 heterocycles. The van der Waals surface area contributed by atoms with Crippen LogP contribution in [-0.2, 0) is 9.59 Å². The minimum atomic E-state index is -0.909. The smallest absolute Gasteiger partial charge is 0.308 e. The summed E-state index contributed by atoms with van der Waals surface area (Å²) in [6, 6.07) is 7.54. The second kappa shape index (κ2) is 5.94. The Morgan fingerprint density at radius 2 is 2.20 bits per heavy atom. The molecule has 1 aromatic carbocycles. The lowest BCUT2D eigenvalue weighted by atomic mass is 10.1. The third kappa shape index (κ3) is 3.10. The van der Waals surface area contributed by atoms with Gasteiger partial charge in [0.1, 0.15) is 12.4 Å². The molecule has 0 aromatic heterocycles. The summed E-state index contributed by atoms with van der Waals surface area (Å²) in [6.45, 7) is 4.47. The molecule has 108 valence electrons. The Hall–Kier alpha value is -2.04. The van der Waals surface area contributed by atoms with Gasteiger partial charge in [-0.2, -0.15) is 0 Å². The van der Waals surface area contributed by atoms with E-state index in [-0.39, 0.29) is 24.9 Å². The van der Waals surface area contributed by atoms with Crippen LogP contribution in [-0.4, -0.2) is 41.1 Å². The molecule has 1 N–H and O–H groups in total. The lowest BCUT2D eigenvalue weighted by molar-refractivity contribution is -0.141. The first-order valence-electron chi connectivity index (χ1n) is 6.69. The number of likely N-dealkylation sites (tertiary alicyclic amines) is 1. The molecule has 0 saturated carbocycles. The molecule has 1 aliphatic rings. The van der Waals surface area contributed by atoms with Crippen LogP contribution in [0.15, 0.2) is 24.3 Å². The van der Waals surface area contributed by atoms with Gasteiger partial charge in [-0.25, -0.2) is 0 Å². The number of carbonyl (C=O) groups excluding carboxylic acids is 1. The molecule has 5 heteroatoms. The van der Waals surface area contributed by atoms with Crippen LogP contribution in [0.1, 0.15) is 18.9 Å². The van der Waals surface area contributed by atoms with Gasteiger partial charge < -0.3 is 14.7 Å². The third-order valence-corrected chi connectivity index (χ3v) is 3.61. The highest BCUT2D eigenvalue weighted by molar-refractivity contribution is 5.86. The number of benzene rings is 1. The normalized spacial score (nSPS) is 20.0. The number of aliphatic carboxylic acids is 1. The Labute approximate surface area is 118 Å². The summed E-state index contributed by atoms with van der Waals surface area (Å²) in [7, 11) is 0. The molecule has 1 amide bonds. The standard InChI is InChI=1S/C15H19NO4/c1-10-5-3-4-6-13(10)20-9-11(2)16-8-12(15(18)19)7-14(16)17/h3-6,11-12H,7-9H2,1-2H3,(H,18,19). The van der Waals surface area contributed by atoms with Crippen LogP contribution in [0.3, 0.4) is 0 Å². The lowest BCUT2D eigenvalue weighted by Gasteiger charge is -2.24. The number of rotatable bonds is 5.